The van der Waals surface area contributed by atoms with Gasteiger partial charge in [0.25, 0.3) is 0 Å². The van der Waals surface area contributed by atoms with E-state index < -0.39 is 10.0 Å². The minimum atomic E-state index is -3.81. The zero-order valence-corrected chi connectivity index (χ0v) is 17.0. The zero-order chi connectivity index (χ0) is 21.8. The lowest BCUT2D eigenvalue weighted by atomic mass is 10.1. The number of nitrogens with one attached hydrogen (secondary N) is 3. The number of sulfonamides is 1. The largest absolute Gasteiger partial charge is 0.356 e. The van der Waals surface area contributed by atoms with Crippen LogP contribution in [0.25, 0.3) is 22.2 Å². The summed E-state index contributed by atoms with van der Waals surface area (Å²) in [6.07, 6.45) is 1.48. The summed E-state index contributed by atoms with van der Waals surface area (Å²) in [7, 11) is -3.81. The van der Waals surface area contributed by atoms with Crippen molar-refractivity contribution >= 4 is 32.5 Å². The fourth-order valence-corrected chi connectivity index (χ4v) is 4.09. The zero-order valence-electron chi connectivity index (χ0n) is 16.2. The van der Waals surface area contributed by atoms with Crippen LogP contribution in [-0.2, 0) is 14.8 Å². The molecule has 0 fully saturated rings. The number of nitrogens with zero attached hydrogens (tertiary/aromatic N) is 1. The van der Waals surface area contributed by atoms with E-state index in [1.54, 1.807) is 30.3 Å². The molecule has 0 aliphatic carbocycles. The highest BCUT2D eigenvalue weighted by molar-refractivity contribution is 7.89. The standard InChI is InChI=1S/C21H18N4O5S/c26-20-7-4-14-13-17(5-6-18(14)25-20)31(28,29)23-11-9-21(27)24-16-3-1-2-15(12-16)19-8-10-22-30-19/h1-8,10,12-13,23H,9,11H2,(H,24,27)(H,25,26). The number of pyridine rings is 1. The SMILES string of the molecule is O=C(CCNS(=O)(=O)c1ccc2[nH]c(=O)ccc2c1)Nc1cccc(-c2ccno2)c1. The number of aromatic nitrogens is 2. The van der Waals surface area contributed by atoms with Gasteiger partial charge in [-0.2, -0.15) is 0 Å². The Morgan fingerprint density at radius 2 is 1.94 bits per heavy atom. The van der Waals surface area contributed by atoms with Gasteiger partial charge in [-0.25, -0.2) is 13.1 Å². The molecule has 0 radical (unpaired) electrons. The summed E-state index contributed by atoms with van der Waals surface area (Å²) in [5.74, 6) is 0.233. The second-order valence-corrected chi connectivity index (χ2v) is 8.49. The normalized spacial score (nSPS) is 11.5. The third kappa shape index (κ3) is 4.87. The van der Waals surface area contributed by atoms with Crippen LogP contribution in [0.2, 0.25) is 0 Å². The molecule has 3 N–H and O–H groups in total. The fraction of sp³-hybridized carbons (Fsp3) is 0.0952. The lowest BCUT2D eigenvalue weighted by molar-refractivity contribution is -0.116. The molecule has 2 heterocycles. The highest BCUT2D eigenvalue weighted by atomic mass is 32.2. The summed E-state index contributed by atoms with van der Waals surface area (Å²) in [4.78, 5) is 26.2. The van der Waals surface area contributed by atoms with Crippen LogP contribution in [0.15, 0.2) is 81.1 Å². The lowest BCUT2D eigenvalue weighted by Gasteiger charge is -2.09. The summed E-state index contributed by atoms with van der Waals surface area (Å²) < 4.78 is 32.6. The smallest absolute Gasteiger partial charge is 0.248 e. The number of fused-ring (bicyclic) bond motifs is 1. The summed E-state index contributed by atoms with van der Waals surface area (Å²) in [5.41, 5.74) is 1.59. The van der Waals surface area contributed by atoms with Crippen molar-refractivity contribution in [2.24, 2.45) is 0 Å². The number of anilines is 1. The summed E-state index contributed by atoms with van der Waals surface area (Å²) in [6, 6.07) is 16.0. The first-order valence-corrected chi connectivity index (χ1v) is 10.8. The first kappa shape index (κ1) is 20.5. The van der Waals surface area contributed by atoms with Gasteiger partial charge in [-0.1, -0.05) is 17.3 Å². The molecule has 158 valence electrons. The van der Waals surface area contributed by atoms with E-state index in [1.165, 1.54) is 30.5 Å². The Kier molecular flexibility index (Phi) is 5.65. The third-order valence-corrected chi connectivity index (χ3v) is 5.98. The Balaban J connectivity index is 1.36. The molecular formula is C21H18N4O5S. The molecule has 4 aromatic rings. The molecule has 0 unspecified atom stereocenters. The minimum absolute atomic E-state index is 0.0483. The number of amides is 1. The Hall–Kier alpha value is -3.76. The Bertz CT molecular complexity index is 1390. The van der Waals surface area contributed by atoms with Crippen molar-refractivity contribution in [2.45, 2.75) is 11.3 Å². The Labute approximate surface area is 177 Å². The van der Waals surface area contributed by atoms with Crippen molar-refractivity contribution in [1.29, 1.82) is 0 Å². The van der Waals surface area contributed by atoms with Gasteiger partial charge in [0.1, 0.15) is 0 Å². The van der Waals surface area contributed by atoms with Crippen LogP contribution in [0.4, 0.5) is 5.69 Å². The van der Waals surface area contributed by atoms with Gasteiger partial charge in [-0.3, -0.25) is 9.59 Å². The molecule has 0 saturated heterocycles. The molecule has 0 saturated carbocycles. The topological polar surface area (TPSA) is 134 Å². The number of hydrogen-bond donors (Lipinski definition) is 3. The maximum Gasteiger partial charge on any atom is 0.248 e. The van der Waals surface area contributed by atoms with Crippen LogP contribution >= 0.6 is 0 Å². The summed E-state index contributed by atoms with van der Waals surface area (Å²) in [6.45, 7) is -0.0698. The maximum atomic E-state index is 12.5. The van der Waals surface area contributed by atoms with E-state index in [4.69, 9.17) is 4.52 Å². The van der Waals surface area contributed by atoms with Crippen molar-refractivity contribution in [1.82, 2.24) is 14.9 Å². The second kappa shape index (κ2) is 8.54. The number of benzene rings is 2. The van der Waals surface area contributed by atoms with Crippen molar-refractivity contribution < 1.29 is 17.7 Å². The minimum Gasteiger partial charge on any atom is -0.356 e. The number of aromatic amines is 1. The first-order chi connectivity index (χ1) is 14.9. The van der Waals surface area contributed by atoms with E-state index in [0.717, 1.165) is 5.56 Å². The van der Waals surface area contributed by atoms with E-state index in [0.29, 0.717) is 22.4 Å². The van der Waals surface area contributed by atoms with Gasteiger partial charge in [0.2, 0.25) is 21.5 Å². The quantitative estimate of drug-likeness (QED) is 0.406. The average Bonchev–Trinajstić information content (AvgIpc) is 3.28. The second-order valence-electron chi connectivity index (χ2n) is 6.73. The molecule has 0 spiro atoms. The van der Waals surface area contributed by atoms with E-state index >= 15 is 0 Å². The van der Waals surface area contributed by atoms with Gasteiger partial charge in [-0.05, 0) is 41.8 Å². The van der Waals surface area contributed by atoms with Gasteiger partial charge in [-0.15, -0.1) is 0 Å². The molecule has 0 aliphatic rings. The number of H-pyrrole nitrogens is 1. The summed E-state index contributed by atoms with van der Waals surface area (Å²) >= 11 is 0. The van der Waals surface area contributed by atoms with Crippen LogP contribution < -0.4 is 15.6 Å². The predicted octanol–water partition coefficient (Wildman–Crippen LogP) is 2.49. The average molecular weight is 438 g/mol. The molecule has 1 amide bonds. The summed E-state index contributed by atoms with van der Waals surface area (Å²) in [5, 5.41) is 6.97. The molecule has 2 aromatic carbocycles. The predicted molar refractivity (Wildman–Crippen MR) is 115 cm³/mol. The monoisotopic (exact) mass is 438 g/mol. The van der Waals surface area contributed by atoms with Gasteiger partial charge >= 0.3 is 0 Å². The van der Waals surface area contributed by atoms with Crippen LogP contribution in [0, 0.1) is 0 Å². The Morgan fingerprint density at radius 1 is 1.06 bits per heavy atom. The molecule has 0 bridgehead atoms. The van der Waals surface area contributed by atoms with Crippen LogP contribution in [0.1, 0.15) is 6.42 Å². The molecule has 4 rings (SSSR count). The van der Waals surface area contributed by atoms with Crippen LogP contribution in [-0.4, -0.2) is 31.0 Å². The van der Waals surface area contributed by atoms with E-state index in [9.17, 15) is 18.0 Å². The molecule has 2 aromatic heterocycles. The van der Waals surface area contributed by atoms with Crippen molar-refractivity contribution in [3.8, 4) is 11.3 Å². The molecule has 0 aliphatic heterocycles. The van der Waals surface area contributed by atoms with E-state index in [1.807, 2.05) is 6.07 Å². The highest BCUT2D eigenvalue weighted by Crippen LogP contribution is 2.22. The number of hydrogen-bond acceptors (Lipinski definition) is 6. The number of carbonyl (C=O) groups excluding carboxylic acids is 1. The number of rotatable bonds is 7. The molecule has 0 atom stereocenters. The molecular weight excluding hydrogens is 420 g/mol. The fourth-order valence-electron chi connectivity index (χ4n) is 3.02. The maximum absolute atomic E-state index is 12.5. The lowest BCUT2D eigenvalue weighted by Crippen LogP contribution is -2.27. The van der Waals surface area contributed by atoms with Gasteiger partial charge in [0.15, 0.2) is 5.76 Å². The van der Waals surface area contributed by atoms with E-state index in [-0.39, 0.29) is 29.3 Å². The number of carbonyl (C=O) groups is 1. The van der Waals surface area contributed by atoms with E-state index in [2.05, 4.69) is 20.2 Å². The van der Waals surface area contributed by atoms with Gasteiger partial charge < -0.3 is 14.8 Å². The van der Waals surface area contributed by atoms with Crippen molar-refractivity contribution in [2.75, 3.05) is 11.9 Å². The van der Waals surface area contributed by atoms with Crippen molar-refractivity contribution in [3.63, 3.8) is 0 Å². The molecule has 10 heteroatoms. The van der Waals surface area contributed by atoms with Gasteiger partial charge in [0.05, 0.1) is 11.1 Å². The first-order valence-electron chi connectivity index (χ1n) is 9.34. The van der Waals surface area contributed by atoms with Crippen LogP contribution in [0.3, 0.4) is 0 Å². The molecule has 31 heavy (non-hydrogen) atoms. The third-order valence-electron chi connectivity index (χ3n) is 4.52. The molecule has 9 nitrogen and oxygen atoms in total. The van der Waals surface area contributed by atoms with Gasteiger partial charge in [0, 0.05) is 41.9 Å². The highest BCUT2D eigenvalue weighted by Gasteiger charge is 2.15. The Morgan fingerprint density at radius 3 is 2.74 bits per heavy atom. The van der Waals surface area contributed by atoms with Crippen LogP contribution in [0.5, 0.6) is 0 Å². The van der Waals surface area contributed by atoms with Crippen molar-refractivity contribution in [3.05, 3.63) is 77.2 Å².